The van der Waals surface area contributed by atoms with Crippen molar-refractivity contribution in [2.75, 3.05) is 13.4 Å². The van der Waals surface area contributed by atoms with Crippen molar-refractivity contribution in [2.45, 2.75) is 25.6 Å². The molecule has 11 heteroatoms. The predicted molar refractivity (Wildman–Crippen MR) is 92.9 cm³/mol. The fourth-order valence-electron chi connectivity index (χ4n) is 2.70. The summed E-state index contributed by atoms with van der Waals surface area (Å²) >= 11 is 0. The molecule has 1 aromatic carbocycles. The second-order valence-electron chi connectivity index (χ2n) is 6.00. The molecule has 1 aromatic heterocycles. The Balaban J connectivity index is 2.46. The Bertz CT molecular complexity index is 1070. The SMILES string of the molecule is COn1c(C)nn(Cc2cc(F)cc(C(=O)C(C(C)=O)S(C)(=O)=O)c2)c1=O. The highest BCUT2D eigenvalue weighted by atomic mass is 32.2. The molecule has 0 aliphatic heterocycles. The van der Waals surface area contributed by atoms with Gasteiger partial charge in [0.15, 0.2) is 32.5 Å². The Morgan fingerprint density at radius 2 is 1.93 bits per heavy atom. The summed E-state index contributed by atoms with van der Waals surface area (Å²) in [6.45, 7) is 2.33. The lowest BCUT2D eigenvalue weighted by molar-refractivity contribution is -0.115. The van der Waals surface area contributed by atoms with Gasteiger partial charge in [0, 0.05) is 11.8 Å². The molecule has 2 rings (SSSR count). The molecule has 1 heterocycles. The van der Waals surface area contributed by atoms with Crippen molar-refractivity contribution in [3.05, 3.63) is 51.5 Å². The normalized spacial score (nSPS) is 12.6. The largest absolute Gasteiger partial charge is 0.411 e. The van der Waals surface area contributed by atoms with E-state index in [-0.39, 0.29) is 23.5 Å². The first-order valence-electron chi connectivity index (χ1n) is 7.69. The molecule has 0 saturated carbocycles. The lowest BCUT2D eigenvalue weighted by Crippen LogP contribution is -2.36. The molecule has 0 spiro atoms. The van der Waals surface area contributed by atoms with Gasteiger partial charge < -0.3 is 4.84 Å². The third-order valence-corrected chi connectivity index (χ3v) is 5.15. The summed E-state index contributed by atoms with van der Waals surface area (Å²) in [4.78, 5) is 41.1. The van der Waals surface area contributed by atoms with Crippen molar-refractivity contribution in [1.82, 2.24) is 14.5 Å². The molecule has 9 nitrogen and oxygen atoms in total. The van der Waals surface area contributed by atoms with Gasteiger partial charge in [-0.05, 0) is 37.6 Å². The molecule has 146 valence electrons. The Kier molecular flexibility index (Phi) is 5.64. The Hall–Kier alpha value is -2.82. The molecule has 0 bridgehead atoms. The average molecular weight is 399 g/mol. The van der Waals surface area contributed by atoms with Crippen LogP contribution in [-0.2, 0) is 21.2 Å². The van der Waals surface area contributed by atoms with Gasteiger partial charge in [-0.15, -0.1) is 4.73 Å². The summed E-state index contributed by atoms with van der Waals surface area (Å²) in [6, 6.07) is 3.14. The van der Waals surface area contributed by atoms with Crippen LogP contribution in [0.2, 0.25) is 0 Å². The molecule has 1 atom stereocenters. The van der Waals surface area contributed by atoms with Crippen LogP contribution in [0.25, 0.3) is 0 Å². The zero-order valence-corrected chi connectivity index (χ0v) is 15.9. The maximum Gasteiger partial charge on any atom is 0.379 e. The molecular weight excluding hydrogens is 381 g/mol. The van der Waals surface area contributed by atoms with E-state index in [0.717, 1.165) is 34.7 Å². The Labute approximate surface area is 154 Å². The number of aromatic nitrogens is 3. The summed E-state index contributed by atoms with van der Waals surface area (Å²) < 4.78 is 39.4. The van der Waals surface area contributed by atoms with Crippen LogP contribution in [0, 0.1) is 12.7 Å². The van der Waals surface area contributed by atoms with Gasteiger partial charge in [0.2, 0.25) is 0 Å². The predicted octanol–water partition coefficient (Wildman–Crippen LogP) is -0.216. The topological polar surface area (TPSA) is 117 Å². The smallest absolute Gasteiger partial charge is 0.379 e. The van der Waals surface area contributed by atoms with Crippen LogP contribution in [0.5, 0.6) is 0 Å². The quantitative estimate of drug-likeness (QED) is 0.467. The molecule has 2 aromatic rings. The van der Waals surface area contributed by atoms with Gasteiger partial charge in [-0.1, -0.05) is 0 Å². The number of halogens is 1. The Morgan fingerprint density at radius 3 is 2.41 bits per heavy atom. The number of ketones is 2. The maximum absolute atomic E-state index is 14.0. The summed E-state index contributed by atoms with van der Waals surface area (Å²) in [5.74, 6) is -2.44. The number of rotatable bonds is 7. The first-order valence-corrected chi connectivity index (χ1v) is 9.65. The van der Waals surface area contributed by atoms with E-state index in [1.54, 1.807) is 0 Å². The van der Waals surface area contributed by atoms with E-state index in [1.165, 1.54) is 20.1 Å². The lowest BCUT2D eigenvalue weighted by Gasteiger charge is -2.12. The highest BCUT2D eigenvalue weighted by Gasteiger charge is 2.34. The number of hydrogen-bond acceptors (Lipinski definition) is 7. The minimum Gasteiger partial charge on any atom is -0.411 e. The van der Waals surface area contributed by atoms with Gasteiger partial charge in [-0.2, -0.15) is 5.10 Å². The highest BCUT2D eigenvalue weighted by Crippen LogP contribution is 2.16. The molecule has 1 unspecified atom stereocenters. The fourth-order valence-corrected chi connectivity index (χ4v) is 3.83. The van der Waals surface area contributed by atoms with Crippen molar-refractivity contribution < 1.29 is 27.2 Å². The zero-order valence-electron chi connectivity index (χ0n) is 15.1. The monoisotopic (exact) mass is 399 g/mol. The number of hydrogen-bond donors (Lipinski definition) is 0. The number of carbonyl (C=O) groups excluding carboxylic acids is 2. The molecule has 0 radical (unpaired) electrons. The summed E-state index contributed by atoms with van der Waals surface area (Å²) in [5, 5.41) is 2.06. The van der Waals surface area contributed by atoms with Gasteiger partial charge in [-0.3, -0.25) is 9.59 Å². The standard InChI is InChI=1S/C16H18FN3O6S/c1-9(21)15(27(4,24)25)14(22)12-5-11(6-13(17)7-12)8-19-16(23)20(26-3)10(2)18-19/h5-7,15H,8H2,1-4H3. The summed E-state index contributed by atoms with van der Waals surface area (Å²) in [6.07, 6.45) is 0.761. The van der Waals surface area contributed by atoms with Crippen LogP contribution in [0.3, 0.4) is 0 Å². The molecule has 0 aliphatic rings. The second kappa shape index (κ2) is 7.43. The zero-order chi connectivity index (χ0) is 20.5. The molecular formula is C16H18FN3O6S. The van der Waals surface area contributed by atoms with Crippen LogP contribution >= 0.6 is 0 Å². The first kappa shape index (κ1) is 20.5. The molecule has 0 amide bonds. The lowest BCUT2D eigenvalue weighted by atomic mass is 10.0. The molecule has 0 saturated heterocycles. The van der Waals surface area contributed by atoms with Gasteiger partial charge in [0.05, 0.1) is 6.54 Å². The van der Waals surface area contributed by atoms with Crippen molar-refractivity contribution >= 4 is 21.4 Å². The van der Waals surface area contributed by atoms with Crippen LogP contribution in [0.4, 0.5) is 4.39 Å². The van der Waals surface area contributed by atoms with E-state index < -0.39 is 38.2 Å². The third-order valence-electron chi connectivity index (χ3n) is 3.75. The minimum atomic E-state index is -4.02. The second-order valence-corrected chi connectivity index (χ2v) is 8.13. The molecule has 0 N–H and O–H groups in total. The Morgan fingerprint density at radius 1 is 1.30 bits per heavy atom. The third kappa shape index (κ3) is 4.30. The highest BCUT2D eigenvalue weighted by molar-refractivity contribution is 7.92. The number of Topliss-reactive ketones (excluding diaryl/α,β-unsaturated/α-hetero) is 2. The average Bonchev–Trinajstić information content (AvgIpc) is 2.78. The number of aryl methyl sites for hydroxylation is 1. The van der Waals surface area contributed by atoms with E-state index in [2.05, 4.69) is 5.10 Å². The molecule has 27 heavy (non-hydrogen) atoms. The van der Waals surface area contributed by atoms with Gasteiger partial charge in [0.1, 0.15) is 12.9 Å². The van der Waals surface area contributed by atoms with Crippen LogP contribution in [-0.4, -0.2) is 53.1 Å². The number of sulfone groups is 1. The van der Waals surface area contributed by atoms with Crippen molar-refractivity contribution in [2.24, 2.45) is 0 Å². The first-order chi connectivity index (χ1) is 12.5. The van der Waals surface area contributed by atoms with E-state index in [4.69, 9.17) is 4.84 Å². The van der Waals surface area contributed by atoms with Crippen LogP contribution < -0.4 is 10.5 Å². The van der Waals surface area contributed by atoms with Crippen molar-refractivity contribution in [3.8, 4) is 0 Å². The number of nitrogens with zero attached hydrogens (tertiary/aromatic N) is 3. The number of benzene rings is 1. The van der Waals surface area contributed by atoms with Crippen molar-refractivity contribution in [1.29, 1.82) is 0 Å². The van der Waals surface area contributed by atoms with Gasteiger partial charge >= 0.3 is 5.69 Å². The van der Waals surface area contributed by atoms with Crippen LogP contribution in [0.1, 0.15) is 28.7 Å². The maximum atomic E-state index is 14.0. The molecule has 0 aliphatic carbocycles. The fraction of sp³-hybridized carbons (Fsp3) is 0.375. The summed E-state index contributed by atoms with van der Waals surface area (Å²) in [5.41, 5.74) is -0.700. The van der Waals surface area contributed by atoms with Crippen molar-refractivity contribution in [3.63, 3.8) is 0 Å². The van der Waals surface area contributed by atoms with Gasteiger partial charge in [-0.25, -0.2) is 22.3 Å². The van der Waals surface area contributed by atoms with E-state index in [0.29, 0.717) is 0 Å². The van der Waals surface area contributed by atoms with E-state index in [1.807, 2.05) is 0 Å². The van der Waals surface area contributed by atoms with Crippen LogP contribution in [0.15, 0.2) is 23.0 Å². The molecule has 0 fully saturated rings. The minimum absolute atomic E-state index is 0.183. The van der Waals surface area contributed by atoms with E-state index in [9.17, 15) is 27.2 Å². The van der Waals surface area contributed by atoms with Gasteiger partial charge in [0.25, 0.3) is 0 Å². The summed E-state index contributed by atoms with van der Waals surface area (Å²) in [7, 11) is -2.73. The van der Waals surface area contributed by atoms with E-state index >= 15 is 0 Å². The number of carbonyl (C=O) groups is 2.